The second-order valence-electron chi connectivity index (χ2n) is 8.92. The summed E-state index contributed by atoms with van der Waals surface area (Å²) < 4.78 is 0. The van der Waals surface area contributed by atoms with Crippen LogP contribution in [0.25, 0.3) is 0 Å². The van der Waals surface area contributed by atoms with Crippen LogP contribution in [0.4, 0.5) is 0 Å². The second kappa shape index (κ2) is 4.91. The van der Waals surface area contributed by atoms with Crippen molar-refractivity contribution < 1.29 is 9.59 Å². The summed E-state index contributed by atoms with van der Waals surface area (Å²) in [4.78, 5) is 24.0. The zero-order valence-electron chi connectivity index (χ0n) is 14.6. The standard InChI is InChI=1S/C21H28O2/c1-13(22)17-6-7-18-16-5-4-14-12-15(23)8-10-20(14,2)19(16)9-11-21(17,18)3/h4-5,12,16-19H,6-11H2,1-3H3/t16?,17?,18?,19?,20-,21-/m1/s1. The van der Waals surface area contributed by atoms with Gasteiger partial charge in [-0.2, -0.15) is 0 Å². The minimum atomic E-state index is 0.170. The summed E-state index contributed by atoms with van der Waals surface area (Å²) in [7, 11) is 0. The van der Waals surface area contributed by atoms with Gasteiger partial charge in [0, 0.05) is 12.3 Å². The van der Waals surface area contributed by atoms with Crippen molar-refractivity contribution in [2.24, 2.45) is 34.5 Å². The maximum absolute atomic E-state index is 12.1. The number of rotatable bonds is 1. The SMILES string of the molecule is CC(=O)C1CCC2C3C=CC4=CC(=O)CC[C@@]4(C)C3CC[C@]12C. The zero-order chi connectivity index (χ0) is 16.4. The molecular formula is C21H28O2. The Morgan fingerprint density at radius 2 is 1.91 bits per heavy atom. The van der Waals surface area contributed by atoms with E-state index in [9.17, 15) is 9.59 Å². The van der Waals surface area contributed by atoms with Gasteiger partial charge in [-0.15, -0.1) is 0 Å². The van der Waals surface area contributed by atoms with Gasteiger partial charge >= 0.3 is 0 Å². The lowest BCUT2D eigenvalue weighted by atomic mass is 9.48. The van der Waals surface area contributed by atoms with E-state index in [0.717, 1.165) is 12.8 Å². The van der Waals surface area contributed by atoms with Crippen molar-refractivity contribution in [3.8, 4) is 0 Å². The number of hydrogen-bond donors (Lipinski definition) is 0. The van der Waals surface area contributed by atoms with Crippen LogP contribution in [-0.2, 0) is 9.59 Å². The molecule has 0 heterocycles. The maximum Gasteiger partial charge on any atom is 0.156 e. The Labute approximate surface area is 139 Å². The number of carbonyl (C=O) groups is 2. The highest BCUT2D eigenvalue weighted by Crippen LogP contribution is 2.65. The number of ketones is 2. The highest BCUT2D eigenvalue weighted by atomic mass is 16.1. The van der Waals surface area contributed by atoms with Crippen molar-refractivity contribution >= 4 is 11.6 Å². The Balaban J connectivity index is 1.72. The molecule has 6 atom stereocenters. The average molecular weight is 312 g/mol. The summed E-state index contributed by atoms with van der Waals surface area (Å²) in [6.45, 7) is 6.54. The zero-order valence-corrected chi connectivity index (χ0v) is 14.6. The molecule has 4 aliphatic carbocycles. The third-order valence-corrected chi connectivity index (χ3v) is 8.01. The van der Waals surface area contributed by atoms with E-state index in [1.165, 1.54) is 24.8 Å². The van der Waals surface area contributed by atoms with Crippen LogP contribution >= 0.6 is 0 Å². The smallest absolute Gasteiger partial charge is 0.156 e. The van der Waals surface area contributed by atoms with Gasteiger partial charge in [-0.05, 0) is 79.3 Å². The van der Waals surface area contributed by atoms with Crippen molar-refractivity contribution in [3.63, 3.8) is 0 Å². The van der Waals surface area contributed by atoms with Crippen LogP contribution in [0.5, 0.6) is 0 Å². The van der Waals surface area contributed by atoms with Crippen molar-refractivity contribution in [1.29, 1.82) is 0 Å². The first kappa shape index (κ1) is 15.4. The van der Waals surface area contributed by atoms with E-state index in [2.05, 4.69) is 26.0 Å². The van der Waals surface area contributed by atoms with Gasteiger partial charge in [0.25, 0.3) is 0 Å². The average Bonchev–Trinajstić information content (AvgIpc) is 2.85. The molecule has 4 aliphatic rings. The van der Waals surface area contributed by atoms with Crippen LogP contribution in [0.3, 0.4) is 0 Å². The van der Waals surface area contributed by atoms with Crippen LogP contribution in [0.2, 0.25) is 0 Å². The predicted molar refractivity (Wildman–Crippen MR) is 90.8 cm³/mol. The quantitative estimate of drug-likeness (QED) is 0.714. The highest BCUT2D eigenvalue weighted by Gasteiger charge is 2.58. The van der Waals surface area contributed by atoms with Crippen LogP contribution in [0, 0.1) is 34.5 Å². The fourth-order valence-corrected chi connectivity index (χ4v) is 6.66. The number of hydrogen-bond acceptors (Lipinski definition) is 2. The molecule has 0 aliphatic heterocycles. The lowest BCUT2D eigenvalue weighted by Gasteiger charge is -2.55. The molecule has 0 aromatic rings. The summed E-state index contributed by atoms with van der Waals surface area (Å²) >= 11 is 0. The van der Waals surface area contributed by atoms with E-state index < -0.39 is 0 Å². The van der Waals surface area contributed by atoms with Gasteiger partial charge in [-0.3, -0.25) is 9.59 Å². The molecule has 0 N–H and O–H groups in total. The first-order chi connectivity index (χ1) is 10.9. The molecule has 4 rings (SSSR count). The molecule has 2 heteroatoms. The molecular weight excluding hydrogens is 284 g/mol. The van der Waals surface area contributed by atoms with Crippen LogP contribution in [-0.4, -0.2) is 11.6 Å². The molecule has 0 aromatic heterocycles. The normalized spacial score (nSPS) is 48.3. The molecule has 0 amide bonds. The Morgan fingerprint density at radius 1 is 1.13 bits per heavy atom. The Morgan fingerprint density at radius 3 is 2.65 bits per heavy atom. The van der Waals surface area contributed by atoms with Crippen molar-refractivity contribution in [1.82, 2.24) is 0 Å². The highest BCUT2D eigenvalue weighted by molar-refractivity contribution is 5.92. The Hall–Kier alpha value is -1.18. The lowest BCUT2D eigenvalue weighted by Crippen LogP contribution is -2.49. The van der Waals surface area contributed by atoms with E-state index in [4.69, 9.17) is 0 Å². The molecule has 0 spiro atoms. The monoisotopic (exact) mass is 312 g/mol. The van der Waals surface area contributed by atoms with Gasteiger partial charge in [0.15, 0.2) is 5.78 Å². The Bertz CT molecular complexity index is 628. The summed E-state index contributed by atoms with van der Waals surface area (Å²) in [6, 6.07) is 0. The van der Waals surface area contributed by atoms with Gasteiger partial charge in [-0.1, -0.05) is 26.0 Å². The van der Waals surface area contributed by atoms with E-state index >= 15 is 0 Å². The molecule has 2 fully saturated rings. The summed E-state index contributed by atoms with van der Waals surface area (Å²) in [5.74, 6) is 2.83. The third-order valence-electron chi connectivity index (χ3n) is 8.01. The van der Waals surface area contributed by atoms with E-state index in [-0.39, 0.29) is 16.7 Å². The van der Waals surface area contributed by atoms with Gasteiger partial charge in [0.1, 0.15) is 5.78 Å². The number of carbonyl (C=O) groups excluding carboxylic acids is 2. The molecule has 0 radical (unpaired) electrons. The van der Waals surface area contributed by atoms with Crippen molar-refractivity contribution in [2.45, 2.75) is 59.3 Å². The van der Waals surface area contributed by atoms with E-state index in [1.807, 2.05) is 6.08 Å². The third kappa shape index (κ3) is 1.99. The largest absolute Gasteiger partial charge is 0.300 e. The minimum absolute atomic E-state index is 0.170. The molecule has 124 valence electrons. The fourth-order valence-electron chi connectivity index (χ4n) is 6.66. The second-order valence-corrected chi connectivity index (χ2v) is 8.92. The van der Waals surface area contributed by atoms with Crippen LogP contribution in [0.1, 0.15) is 59.3 Å². The summed E-state index contributed by atoms with van der Waals surface area (Å²) in [5.41, 5.74) is 1.63. The molecule has 0 aromatic carbocycles. The fraction of sp³-hybridized carbons (Fsp3) is 0.714. The molecule has 0 saturated heterocycles. The summed E-state index contributed by atoms with van der Waals surface area (Å²) in [5, 5.41) is 0. The van der Waals surface area contributed by atoms with E-state index in [0.29, 0.717) is 35.7 Å². The maximum atomic E-state index is 12.1. The molecule has 4 unspecified atom stereocenters. The lowest BCUT2D eigenvalue weighted by molar-refractivity contribution is -0.127. The van der Waals surface area contributed by atoms with Crippen LogP contribution < -0.4 is 0 Å². The van der Waals surface area contributed by atoms with Gasteiger partial charge in [0.2, 0.25) is 0 Å². The van der Waals surface area contributed by atoms with Gasteiger partial charge < -0.3 is 0 Å². The molecule has 23 heavy (non-hydrogen) atoms. The van der Waals surface area contributed by atoms with Crippen molar-refractivity contribution in [3.05, 3.63) is 23.8 Å². The summed E-state index contributed by atoms with van der Waals surface area (Å²) in [6.07, 6.45) is 12.9. The van der Waals surface area contributed by atoms with E-state index in [1.54, 1.807) is 6.92 Å². The van der Waals surface area contributed by atoms with Crippen LogP contribution in [0.15, 0.2) is 23.8 Å². The Kier molecular flexibility index (Phi) is 3.28. The molecule has 2 nitrogen and oxygen atoms in total. The topological polar surface area (TPSA) is 34.1 Å². The number of fused-ring (bicyclic) bond motifs is 5. The van der Waals surface area contributed by atoms with Crippen molar-refractivity contribution in [2.75, 3.05) is 0 Å². The van der Waals surface area contributed by atoms with Gasteiger partial charge in [0.05, 0.1) is 0 Å². The number of allylic oxidation sites excluding steroid dienone is 4. The first-order valence-corrected chi connectivity index (χ1v) is 9.30. The predicted octanol–water partition coefficient (Wildman–Crippen LogP) is 4.50. The molecule has 0 bridgehead atoms. The molecule has 2 saturated carbocycles. The first-order valence-electron chi connectivity index (χ1n) is 9.30. The minimum Gasteiger partial charge on any atom is -0.300 e. The van der Waals surface area contributed by atoms with Gasteiger partial charge in [-0.25, -0.2) is 0 Å². The number of Topliss-reactive ketones (excluding diaryl/α,β-unsaturated/α-hetero) is 1.